The van der Waals surface area contributed by atoms with Gasteiger partial charge in [-0.2, -0.15) is 0 Å². The van der Waals surface area contributed by atoms with Crippen molar-refractivity contribution < 1.29 is 23.9 Å². The predicted octanol–water partition coefficient (Wildman–Crippen LogP) is 3.32. The molecule has 1 unspecified atom stereocenters. The first kappa shape index (κ1) is 22.2. The Bertz CT molecular complexity index is 924. The maximum Gasteiger partial charge on any atom is 0.338 e. The molecule has 0 N–H and O–H groups in total. The van der Waals surface area contributed by atoms with E-state index < -0.39 is 18.0 Å². The van der Waals surface area contributed by atoms with Gasteiger partial charge in [-0.25, -0.2) is 14.6 Å². The maximum atomic E-state index is 13.2. The van der Waals surface area contributed by atoms with Gasteiger partial charge in [0.05, 0.1) is 36.9 Å². The van der Waals surface area contributed by atoms with Crippen LogP contribution in [0.3, 0.4) is 0 Å². The zero-order chi connectivity index (χ0) is 21.8. The van der Waals surface area contributed by atoms with Gasteiger partial charge in [-0.3, -0.25) is 9.80 Å². The van der Waals surface area contributed by atoms with Crippen molar-refractivity contribution in [2.75, 3.05) is 26.3 Å². The fourth-order valence-corrected chi connectivity index (χ4v) is 4.34. The molecule has 3 rings (SSSR count). The third kappa shape index (κ3) is 4.20. The average molecular weight is 477 g/mol. The van der Waals surface area contributed by atoms with Gasteiger partial charge in [0, 0.05) is 17.4 Å². The van der Waals surface area contributed by atoms with Crippen LogP contribution in [0.2, 0.25) is 0 Å². The highest BCUT2D eigenvalue weighted by atomic mass is 79.9. The van der Waals surface area contributed by atoms with Crippen LogP contribution >= 0.6 is 15.9 Å². The second-order valence-corrected chi connectivity index (χ2v) is 7.76. The SMILES string of the molecule is CCOC(=O)C1=C/CN2C(=O)CCN2C(c2ccccc2Br)/C(C(=O)OCC)=C\1C. The van der Waals surface area contributed by atoms with Crippen LogP contribution in [-0.4, -0.2) is 54.2 Å². The van der Waals surface area contributed by atoms with Gasteiger partial charge in [-0.15, -0.1) is 0 Å². The second kappa shape index (κ2) is 9.57. The van der Waals surface area contributed by atoms with E-state index in [0.717, 1.165) is 10.0 Å². The lowest BCUT2D eigenvalue weighted by molar-refractivity contribution is -0.145. The van der Waals surface area contributed by atoms with Crippen LogP contribution < -0.4 is 0 Å². The first-order chi connectivity index (χ1) is 14.4. The number of hydrazine groups is 1. The molecule has 0 spiro atoms. The van der Waals surface area contributed by atoms with Gasteiger partial charge >= 0.3 is 11.9 Å². The summed E-state index contributed by atoms with van der Waals surface area (Å²) in [5, 5.41) is 3.48. The molecule has 2 heterocycles. The summed E-state index contributed by atoms with van der Waals surface area (Å²) in [6.45, 7) is 6.28. The van der Waals surface area contributed by atoms with Crippen LogP contribution in [0.4, 0.5) is 0 Å². The zero-order valence-electron chi connectivity index (χ0n) is 17.3. The summed E-state index contributed by atoms with van der Waals surface area (Å²) in [5.74, 6) is -1.11. The third-order valence-corrected chi connectivity index (χ3v) is 5.91. The summed E-state index contributed by atoms with van der Waals surface area (Å²) in [5.41, 5.74) is 1.90. The van der Waals surface area contributed by atoms with Gasteiger partial charge < -0.3 is 9.47 Å². The molecule has 1 amide bonds. The molecule has 0 aromatic heterocycles. The number of benzene rings is 1. The van der Waals surface area contributed by atoms with Crippen molar-refractivity contribution in [3.8, 4) is 0 Å². The molecule has 0 radical (unpaired) electrons. The number of ether oxygens (including phenoxy) is 2. The Kier molecular flexibility index (Phi) is 7.10. The Balaban J connectivity index is 2.27. The van der Waals surface area contributed by atoms with Crippen LogP contribution in [0, 0.1) is 0 Å². The maximum absolute atomic E-state index is 13.2. The number of nitrogens with zero attached hydrogens (tertiary/aromatic N) is 2. The molecule has 8 heteroatoms. The van der Waals surface area contributed by atoms with Gasteiger partial charge in [0.15, 0.2) is 0 Å². The van der Waals surface area contributed by atoms with Gasteiger partial charge in [0.2, 0.25) is 5.91 Å². The molecule has 0 bridgehead atoms. The molecule has 1 saturated heterocycles. The van der Waals surface area contributed by atoms with Gasteiger partial charge in [-0.1, -0.05) is 34.1 Å². The first-order valence-electron chi connectivity index (χ1n) is 9.97. The summed E-state index contributed by atoms with van der Waals surface area (Å²) in [4.78, 5) is 38.5. The molecule has 0 aliphatic carbocycles. The van der Waals surface area contributed by atoms with E-state index in [-0.39, 0.29) is 31.2 Å². The van der Waals surface area contributed by atoms with Crippen LogP contribution in [0.15, 0.2) is 51.5 Å². The van der Waals surface area contributed by atoms with E-state index in [0.29, 0.717) is 24.1 Å². The van der Waals surface area contributed by atoms with Crippen LogP contribution in [0.5, 0.6) is 0 Å². The molecule has 2 aliphatic heterocycles. The summed E-state index contributed by atoms with van der Waals surface area (Å²) >= 11 is 3.58. The number of rotatable bonds is 5. The first-order valence-corrected chi connectivity index (χ1v) is 10.8. The second-order valence-electron chi connectivity index (χ2n) is 6.91. The van der Waals surface area contributed by atoms with Crippen molar-refractivity contribution in [3.63, 3.8) is 0 Å². The fourth-order valence-electron chi connectivity index (χ4n) is 3.84. The fraction of sp³-hybridized carbons (Fsp3) is 0.409. The molecule has 1 fully saturated rings. The highest BCUT2D eigenvalue weighted by Crippen LogP contribution is 2.40. The number of esters is 2. The van der Waals surface area contributed by atoms with Crippen molar-refractivity contribution in [1.29, 1.82) is 0 Å². The molecule has 2 aliphatic rings. The molecule has 30 heavy (non-hydrogen) atoms. The van der Waals surface area contributed by atoms with Gasteiger partial charge in [0.25, 0.3) is 0 Å². The molecular formula is C22H25BrN2O5. The number of carbonyl (C=O) groups is 3. The number of fused-ring (bicyclic) bond motifs is 1. The highest BCUT2D eigenvalue weighted by Gasteiger charge is 2.42. The van der Waals surface area contributed by atoms with Crippen molar-refractivity contribution in [2.45, 2.75) is 33.2 Å². The number of halogens is 1. The van der Waals surface area contributed by atoms with E-state index in [1.54, 1.807) is 31.9 Å². The summed E-state index contributed by atoms with van der Waals surface area (Å²) < 4.78 is 11.4. The number of hydrogen-bond acceptors (Lipinski definition) is 6. The summed E-state index contributed by atoms with van der Waals surface area (Å²) in [6, 6.07) is 6.95. The standard InChI is InChI=1S/C22H25BrN2O5/c1-4-29-21(27)15-10-12-24-18(26)11-13-25(24)20(16-8-6-7-9-17(16)23)19(14(15)3)22(28)30-5-2/h6-10,20H,4-5,11-13H2,1-3H3/b15-10+,19-14+. The van der Waals surface area contributed by atoms with Crippen LogP contribution in [0.1, 0.15) is 38.8 Å². The Morgan fingerprint density at radius 2 is 1.80 bits per heavy atom. The van der Waals surface area contributed by atoms with E-state index in [9.17, 15) is 14.4 Å². The minimum atomic E-state index is -0.593. The summed E-state index contributed by atoms with van der Waals surface area (Å²) in [7, 11) is 0. The smallest absolute Gasteiger partial charge is 0.338 e. The topological polar surface area (TPSA) is 76.2 Å². The Hall–Kier alpha value is -2.45. The Morgan fingerprint density at radius 3 is 2.47 bits per heavy atom. The Labute approximate surface area is 184 Å². The number of hydrogen-bond donors (Lipinski definition) is 0. The van der Waals surface area contributed by atoms with Crippen molar-refractivity contribution in [2.24, 2.45) is 0 Å². The van der Waals surface area contributed by atoms with Gasteiger partial charge in [-0.05, 0) is 44.1 Å². The monoisotopic (exact) mass is 476 g/mol. The highest BCUT2D eigenvalue weighted by molar-refractivity contribution is 9.10. The normalized spacial score (nSPS) is 23.9. The van der Waals surface area contributed by atoms with Crippen LogP contribution in [0.25, 0.3) is 0 Å². The van der Waals surface area contributed by atoms with Crippen molar-refractivity contribution in [1.82, 2.24) is 10.0 Å². The lowest BCUT2D eigenvalue weighted by Crippen LogP contribution is -2.45. The van der Waals surface area contributed by atoms with E-state index in [1.807, 2.05) is 29.3 Å². The number of carbonyl (C=O) groups excluding carboxylic acids is 3. The van der Waals surface area contributed by atoms with Crippen LogP contribution in [-0.2, 0) is 23.9 Å². The molecule has 1 aromatic carbocycles. The predicted molar refractivity (Wildman–Crippen MR) is 114 cm³/mol. The quantitative estimate of drug-likeness (QED) is 0.606. The Morgan fingerprint density at radius 1 is 1.13 bits per heavy atom. The molecule has 160 valence electrons. The molecule has 1 atom stereocenters. The minimum absolute atomic E-state index is 0.0609. The van der Waals surface area contributed by atoms with E-state index in [2.05, 4.69) is 15.9 Å². The lowest BCUT2D eigenvalue weighted by atomic mass is 9.90. The molecule has 1 aromatic rings. The van der Waals surface area contributed by atoms with Gasteiger partial charge in [0.1, 0.15) is 0 Å². The zero-order valence-corrected chi connectivity index (χ0v) is 18.9. The van der Waals surface area contributed by atoms with E-state index >= 15 is 0 Å². The summed E-state index contributed by atoms with van der Waals surface area (Å²) in [6.07, 6.45) is 1.98. The van der Waals surface area contributed by atoms with Crippen molar-refractivity contribution in [3.05, 3.63) is 57.1 Å². The van der Waals surface area contributed by atoms with Crippen molar-refractivity contribution >= 4 is 33.8 Å². The molecule has 0 saturated carbocycles. The third-order valence-electron chi connectivity index (χ3n) is 5.19. The van der Waals surface area contributed by atoms with E-state index in [4.69, 9.17) is 9.47 Å². The minimum Gasteiger partial charge on any atom is -0.463 e. The molecule has 7 nitrogen and oxygen atoms in total. The van der Waals surface area contributed by atoms with E-state index in [1.165, 1.54) is 0 Å². The average Bonchev–Trinajstić information content (AvgIpc) is 3.05. The lowest BCUT2D eigenvalue weighted by Gasteiger charge is -2.38. The molecular weight excluding hydrogens is 452 g/mol. The number of amides is 1. The largest absolute Gasteiger partial charge is 0.463 e.